The number of carbonyl (C=O) groups excluding carboxylic acids is 1. The normalized spacial score (nSPS) is 10.3. The summed E-state index contributed by atoms with van der Waals surface area (Å²) >= 11 is 9.26. The molecule has 19 heavy (non-hydrogen) atoms. The average molecular weight is 340 g/mol. The van der Waals surface area contributed by atoms with Gasteiger partial charge in [0.1, 0.15) is 0 Å². The second kappa shape index (κ2) is 5.63. The van der Waals surface area contributed by atoms with Crippen molar-refractivity contribution in [3.8, 4) is 0 Å². The zero-order valence-corrected chi connectivity index (χ0v) is 12.5. The molecular weight excluding hydrogens is 328 g/mol. The molecule has 2 aromatic carbocycles. The molecule has 98 valence electrons. The third kappa shape index (κ3) is 3.08. The smallest absolute Gasteiger partial charge is 0.255 e. The van der Waals surface area contributed by atoms with Gasteiger partial charge < -0.3 is 11.1 Å². The molecule has 0 radical (unpaired) electrons. The third-order valence-corrected chi connectivity index (χ3v) is 3.96. The molecule has 0 atom stereocenters. The number of benzene rings is 2. The number of anilines is 2. The molecule has 1 amide bonds. The first kappa shape index (κ1) is 13.9. The molecule has 0 unspecified atom stereocenters. The van der Waals surface area contributed by atoms with Crippen molar-refractivity contribution in [3.05, 3.63) is 57.0 Å². The van der Waals surface area contributed by atoms with Crippen molar-refractivity contribution in [3.63, 3.8) is 0 Å². The minimum atomic E-state index is -0.240. The molecule has 0 aliphatic heterocycles. The van der Waals surface area contributed by atoms with Gasteiger partial charge in [0, 0.05) is 10.0 Å². The maximum atomic E-state index is 12.1. The van der Waals surface area contributed by atoms with Crippen molar-refractivity contribution in [1.82, 2.24) is 0 Å². The summed E-state index contributed by atoms with van der Waals surface area (Å²) in [4.78, 5) is 12.1. The summed E-state index contributed by atoms with van der Waals surface area (Å²) in [6.07, 6.45) is 0. The van der Waals surface area contributed by atoms with Crippen molar-refractivity contribution < 1.29 is 4.79 Å². The number of nitrogens with one attached hydrogen (secondary N) is 1. The van der Waals surface area contributed by atoms with Crippen LogP contribution >= 0.6 is 27.5 Å². The lowest BCUT2D eigenvalue weighted by Crippen LogP contribution is -2.14. The molecule has 2 aromatic rings. The maximum absolute atomic E-state index is 12.1. The van der Waals surface area contributed by atoms with Crippen LogP contribution in [0.4, 0.5) is 11.4 Å². The van der Waals surface area contributed by atoms with Crippen LogP contribution in [0.1, 0.15) is 15.9 Å². The highest BCUT2D eigenvalue weighted by molar-refractivity contribution is 9.10. The van der Waals surface area contributed by atoms with Gasteiger partial charge in [0.05, 0.1) is 16.4 Å². The second-order valence-electron chi connectivity index (χ2n) is 4.12. The lowest BCUT2D eigenvalue weighted by molar-refractivity contribution is 0.102. The zero-order chi connectivity index (χ0) is 14.0. The number of nitrogen functional groups attached to an aromatic ring is 1. The van der Waals surface area contributed by atoms with Crippen LogP contribution in [0.15, 0.2) is 40.9 Å². The molecule has 3 nitrogen and oxygen atoms in total. The fourth-order valence-corrected chi connectivity index (χ4v) is 2.11. The van der Waals surface area contributed by atoms with Crippen LogP contribution in [-0.4, -0.2) is 5.91 Å². The van der Waals surface area contributed by atoms with E-state index in [9.17, 15) is 4.79 Å². The Morgan fingerprint density at radius 3 is 2.68 bits per heavy atom. The van der Waals surface area contributed by atoms with Crippen LogP contribution < -0.4 is 11.1 Å². The van der Waals surface area contributed by atoms with E-state index in [0.717, 1.165) is 10.0 Å². The maximum Gasteiger partial charge on any atom is 0.255 e. The van der Waals surface area contributed by atoms with Gasteiger partial charge >= 0.3 is 0 Å². The highest BCUT2D eigenvalue weighted by Crippen LogP contribution is 2.26. The largest absolute Gasteiger partial charge is 0.397 e. The number of aryl methyl sites for hydroxylation is 1. The van der Waals surface area contributed by atoms with Crippen LogP contribution in [0.3, 0.4) is 0 Å². The van der Waals surface area contributed by atoms with Gasteiger partial charge in [-0.05, 0) is 52.7 Å². The monoisotopic (exact) mass is 338 g/mol. The summed E-state index contributed by atoms with van der Waals surface area (Å²) < 4.78 is 0.751. The number of rotatable bonds is 2. The van der Waals surface area contributed by atoms with E-state index in [2.05, 4.69) is 21.2 Å². The van der Waals surface area contributed by atoms with Crippen molar-refractivity contribution in [2.75, 3.05) is 11.1 Å². The zero-order valence-electron chi connectivity index (χ0n) is 10.2. The molecule has 3 N–H and O–H groups in total. The van der Waals surface area contributed by atoms with Gasteiger partial charge in [0.2, 0.25) is 0 Å². The molecule has 0 bridgehead atoms. The minimum Gasteiger partial charge on any atom is -0.397 e. The molecule has 0 aliphatic rings. The van der Waals surface area contributed by atoms with Crippen LogP contribution in [-0.2, 0) is 0 Å². The van der Waals surface area contributed by atoms with E-state index in [0.29, 0.717) is 22.0 Å². The van der Waals surface area contributed by atoms with Crippen LogP contribution in [0.2, 0.25) is 5.02 Å². The van der Waals surface area contributed by atoms with E-state index in [-0.39, 0.29) is 5.91 Å². The Balaban J connectivity index is 2.28. The molecule has 0 fully saturated rings. The molecule has 5 heteroatoms. The number of carbonyl (C=O) groups is 1. The quantitative estimate of drug-likeness (QED) is 0.804. The van der Waals surface area contributed by atoms with Crippen LogP contribution in [0.5, 0.6) is 0 Å². The lowest BCUT2D eigenvalue weighted by atomic mass is 10.1. The van der Waals surface area contributed by atoms with E-state index in [4.69, 9.17) is 17.3 Å². The molecule has 0 saturated heterocycles. The van der Waals surface area contributed by atoms with Gasteiger partial charge in [-0.1, -0.05) is 23.7 Å². The first-order valence-electron chi connectivity index (χ1n) is 5.60. The van der Waals surface area contributed by atoms with Crippen LogP contribution in [0, 0.1) is 6.92 Å². The van der Waals surface area contributed by atoms with Crippen LogP contribution in [0.25, 0.3) is 0 Å². The predicted molar refractivity (Wildman–Crippen MR) is 82.7 cm³/mol. The molecule has 2 rings (SSSR count). The summed E-state index contributed by atoms with van der Waals surface area (Å²) in [6.45, 7) is 1.89. The third-order valence-electron chi connectivity index (χ3n) is 2.73. The number of amides is 1. The number of halogens is 2. The summed E-state index contributed by atoms with van der Waals surface area (Å²) in [5.41, 5.74) is 8.42. The lowest BCUT2D eigenvalue weighted by Gasteiger charge is -2.11. The standard InChI is InChI=1S/C14H12BrClN2O/c1-8-3-2-4-12(17)13(8)18-14(19)9-5-6-10(15)11(16)7-9/h2-7H,17H2,1H3,(H,18,19). The van der Waals surface area contributed by atoms with Gasteiger partial charge in [-0.2, -0.15) is 0 Å². The topological polar surface area (TPSA) is 55.1 Å². The van der Waals surface area contributed by atoms with Crippen molar-refractivity contribution in [2.24, 2.45) is 0 Å². The van der Waals surface area contributed by atoms with E-state index < -0.39 is 0 Å². The SMILES string of the molecule is Cc1cccc(N)c1NC(=O)c1ccc(Br)c(Cl)c1. The summed E-state index contributed by atoms with van der Waals surface area (Å²) in [7, 11) is 0. The minimum absolute atomic E-state index is 0.240. The van der Waals surface area contributed by atoms with E-state index in [1.54, 1.807) is 24.3 Å². The second-order valence-corrected chi connectivity index (χ2v) is 5.38. The van der Waals surface area contributed by atoms with Gasteiger partial charge in [0.15, 0.2) is 0 Å². The highest BCUT2D eigenvalue weighted by atomic mass is 79.9. The Labute approximate surface area is 124 Å². The molecule has 0 aliphatic carbocycles. The average Bonchev–Trinajstić information content (AvgIpc) is 2.37. The number of hydrogen-bond acceptors (Lipinski definition) is 2. The van der Waals surface area contributed by atoms with Gasteiger partial charge in [0.25, 0.3) is 5.91 Å². The molecule has 0 heterocycles. The van der Waals surface area contributed by atoms with Gasteiger partial charge in [-0.25, -0.2) is 0 Å². The Morgan fingerprint density at radius 2 is 2.05 bits per heavy atom. The Hall–Kier alpha value is -1.52. The fourth-order valence-electron chi connectivity index (χ4n) is 1.68. The summed E-state index contributed by atoms with van der Waals surface area (Å²) in [5.74, 6) is -0.240. The summed E-state index contributed by atoms with van der Waals surface area (Å²) in [5, 5.41) is 3.29. The highest BCUT2D eigenvalue weighted by Gasteiger charge is 2.11. The number of para-hydroxylation sites is 1. The Bertz CT molecular complexity index is 623. The first-order valence-corrected chi connectivity index (χ1v) is 6.77. The first-order chi connectivity index (χ1) is 8.99. The molecule has 0 spiro atoms. The molecule has 0 saturated carbocycles. The summed E-state index contributed by atoms with van der Waals surface area (Å²) in [6, 6.07) is 10.5. The van der Waals surface area contributed by atoms with Gasteiger partial charge in [-0.15, -0.1) is 0 Å². The molecule has 0 aromatic heterocycles. The Morgan fingerprint density at radius 1 is 1.32 bits per heavy atom. The van der Waals surface area contributed by atoms with Crippen molar-refractivity contribution in [2.45, 2.75) is 6.92 Å². The van der Waals surface area contributed by atoms with E-state index in [1.807, 2.05) is 19.1 Å². The predicted octanol–water partition coefficient (Wildman–Crippen LogP) is 4.25. The van der Waals surface area contributed by atoms with Crippen molar-refractivity contribution >= 4 is 44.8 Å². The molecular formula is C14H12BrClN2O. The van der Waals surface area contributed by atoms with Crippen molar-refractivity contribution in [1.29, 1.82) is 0 Å². The fraction of sp³-hybridized carbons (Fsp3) is 0.0714. The number of nitrogens with two attached hydrogens (primary N) is 1. The van der Waals surface area contributed by atoms with E-state index in [1.165, 1.54) is 0 Å². The Kier molecular flexibility index (Phi) is 4.12. The number of hydrogen-bond donors (Lipinski definition) is 2. The van der Waals surface area contributed by atoms with Gasteiger partial charge in [-0.3, -0.25) is 4.79 Å². The van der Waals surface area contributed by atoms with E-state index >= 15 is 0 Å².